The monoisotopic (exact) mass is 218 g/mol. The van der Waals surface area contributed by atoms with Crippen LogP contribution in [-0.2, 0) is 9.53 Å². The second kappa shape index (κ2) is 6.73. The second-order valence-electron chi connectivity index (χ2n) is 3.31. The Bertz CT molecular complexity index is 209. The normalized spacial score (nSPS) is 12.6. The van der Waals surface area contributed by atoms with Crippen LogP contribution in [0.4, 0.5) is 0 Å². The fourth-order valence-corrected chi connectivity index (χ4v) is 1.12. The smallest absolute Gasteiger partial charge is 0.320 e. The lowest BCUT2D eigenvalue weighted by molar-refractivity contribution is -0.144. The molecule has 1 unspecified atom stereocenters. The van der Waals surface area contributed by atoms with Crippen LogP contribution in [0.15, 0.2) is 0 Å². The molecule has 14 heavy (non-hydrogen) atoms. The van der Waals surface area contributed by atoms with E-state index in [0.717, 1.165) is 0 Å². The lowest BCUT2D eigenvalue weighted by Crippen LogP contribution is -2.35. The Hall–Kier alpha value is -0.680. The second-order valence-corrected chi connectivity index (χ2v) is 3.78. The molecule has 0 aromatic rings. The molecule has 2 N–H and O–H groups in total. The minimum Gasteiger partial charge on any atom is -0.465 e. The van der Waals surface area contributed by atoms with E-state index in [1.54, 1.807) is 6.92 Å². The highest BCUT2D eigenvalue weighted by Gasteiger charge is 2.12. The standard InChI is InChI=1S/C9H18N2O2S/c1-4-13-8(12)6-11(3)5-7(2)9(10)14/h7H,4-6H2,1-3H3,(H2,10,14). The predicted molar refractivity (Wildman–Crippen MR) is 60.1 cm³/mol. The molecule has 0 saturated carbocycles. The van der Waals surface area contributed by atoms with Crippen molar-refractivity contribution < 1.29 is 9.53 Å². The fraction of sp³-hybridized carbons (Fsp3) is 0.778. The summed E-state index contributed by atoms with van der Waals surface area (Å²) in [6, 6.07) is 0. The minimum absolute atomic E-state index is 0.115. The number of nitrogens with two attached hydrogens (primary N) is 1. The third kappa shape index (κ3) is 5.88. The zero-order valence-corrected chi connectivity index (χ0v) is 9.76. The first-order valence-electron chi connectivity index (χ1n) is 4.60. The highest BCUT2D eigenvalue weighted by atomic mass is 32.1. The van der Waals surface area contributed by atoms with Crippen LogP contribution >= 0.6 is 12.2 Å². The third-order valence-corrected chi connectivity index (χ3v) is 2.18. The van der Waals surface area contributed by atoms with E-state index in [0.29, 0.717) is 18.1 Å². The van der Waals surface area contributed by atoms with Crippen molar-refractivity contribution in [2.75, 3.05) is 26.7 Å². The molecule has 0 rings (SSSR count). The summed E-state index contributed by atoms with van der Waals surface area (Å²) < 4.78 is 4.81. The van der Waals surface area contributed by atoms with E-state index in [-0.39, 0.29) is 18.4 Å². The Morgan fingerprint density at radius 3 is 2.64 bits per heavy atom. The maximum atomic E-state index is 11.1. The Kier molecular flexibility index (Phi) is 6.40. The summed E-state index contributed by atoms with van der Waals surface area (Å²) in [5, 5.41) is 0. The number of rotatable bonds is 6. The van der Waals surface area contributed by atoms with Crippen molar-refractivity contribution >= 4 is 23.2 Å². The molecule has 0 radical (unpaired) electrons. The largest absolute Gasteiger partial charge is 0.465 e. The molecule has 5 heteroatoms. The van der Waals surface area contributed by atoms with Crippen LogP contribution in [-0.4, -0.2) is 42.6 Å². The van der Waals surface area contributed by atoms with Crippen molar-refractivity contribution in [3.8, 4) is 0 Å². The van der Waals surface area contributed by atoms with E-state index in [1.807, 2.05) is 18.9 Å². The van der Waals surface area contributed by atoms with Crippen molar-refractivity contribution in [1.82, 2.24) is 4.90 Å². The van der Waals surface area contributed by atoms with Crippen molar-refractivity contribution in [2.24, 2.45) is 11.7 Å². The van der Waals surface area contributed by atoms with Gasteiger partial charge in [-0.3, -0.25) is 9.69 Å². The lowest BCUT2D eigenvalue weighted by Gasteiger charge is -2.19. The molecule has 0 amide bonds. The highest BCUT2D eigenvalue weighted by molar-refractivity contribution is 7.80. The molecular weight excluding hydrogens is 200 g/mol. The van der Waals surface area contributed by atoms with Crippen molar-refractivity contribution in [1.29, 1.82) is 0 Å². The molecule has 0 heterocycles. The Labute approximate surface area is 90.4 Å². The van der Waals surface area contributed by atoms with Gasteiger partial charge in [0.25, 0.3) is 0 Å². The summed E-state index contributed by atoms with van der Waals surface area (Å²) in [7, 11) is 1.84. The summed E-state index contributed by atoms with van der Waals surface area (Å²) in [5.41, 5.74) is 5.46. The van der Waals surface area contributed by atoms with E-state index < -0.39 is 0 Å². The van der Waals surface area contributed by atoms with Gasteiger partial charge in [-0.15, -0.1) is 0 Å². The van der Waals surface area contributed by atoms with E-state index >= 15 is 0 Å². The molecule has 0 aromatic heterocycles. The van der Waals surface area contributed by atoms with Gasteiger partial charge in [0, 0.05) is 12.5 Å². The van der Waals surface area contributed by atoms with Gasteiger partial charge in [-0.2, -0.15) is 0 Å². The van der Waals surface area contributed by atoms with Crippen molar-refractivity contribution in [3.05, 3.63) is 0 Å². The first kappa shape index (κ1) is 13.3. The zero-order chi connectivity index (χ0) is 11.1. The molecule has 0 aliphatic rings. The van der Waals surface area contributed by atoms with Gasteiger partial charge in [0.2, 0.25) is 0 Å². The number of hydrogen-bond donors (Lipinski definition) is 1. The molecule has 1 atom stereocenters. The first-order valence-corrected chi connectivity index (χ1v) is 5.01. The fourth-order valence-electron chi connectivity index (χ4n) is 1.05. The molecule has 0 aliphatic carbocycles. The molecule has 0 fully saturated rings. The third-order valence-electron chi connectivity index (χ3n) is 1.78. The molecule has 82 valence electrons. The molecule has 0 aromatic carbocycles. The number of ether oxygens (including phenoxy) is 1. The SMILES string of the molecule is CCOC(=O)CN(C)CC(C)C(N)=S. The van der Waals surface area contributed by atoms with Crippen LogP contribution in [0, 0.1) is 5.92 Å². The van der Waals surface area contributed by atoms with Crippen LogP contribution in [0.1, 0.15) is 13.8 Å². The van der Waals surface area contributed by atoms with E-state index in [2.05, 4.69) is 0 Å². The Morgan fingerprint density at radius 2 is 2.21 bits per heavy atom. The summed E-state index contributed by atoms with van der Waals surface area (Å²) in [6.45, 7) is 5.09. The van der Waals surface area contributed by atoms with E-state index in [1.165, 1.54) is 0 Å². The summed E-state index contributed by atoms with van der Waals surface area (Å²) in [4.78, 5) is 13.4. The van der Waals surface area contributed by atoms with Crippen LogP contribution < -0.4 is 5.73 Å². The van der Waals surface area contributed by atoms with Gasteiger partial charge >= 0.3 is 5.97 Å². The van der Waals surface area contributed by atoms with Crippen LogP contribution in [0.25, 0.3) is 0 Å². The summed E-state index contributed by atoms with van der Waals surface area (Å²) in [5.74, 6) is -0.102. The number of esters is 1. The van der Waals surface area contributed by atoms with E-state index in [4.69, 9.17) is 22.7 Å². The Balaban J connectivity index is 3.80. The summed E-state index contributed by atoms with van der Waals surface area (Å²) in [6.07, 6.45) is 0. The van der Waals surface area contributed by atoms with Crippen LogP contribution in [0.5, 0.6) is 0 Å². The molecular formula is C9H18N2O2S. The number of carbonyl (C=O) groups excluding carboxylic acids is 1. The first-order chi connectivity index (χ1) is 6.47. The molecule has 0 bridgehead atoms. The quantitative estimate of drug-likeness (QED) is 0.517. The average molecular weight is 218 g/mol. The van der Waals surface area contributed by atoms with Crippen molar-refractivity contribution in [2.45, 2.75) is 13.8 Å². The molecule has 0 saturated heterocycles. The number of nitrogens with zero attached hydrogens (tertiary/aromatic N) is 1. The minimum atomic E-state index is -0.217. The van der Waals surface area contributed by atoms with Gasteiger partial charge in [0.05, 0.1) is 18.1 Å². The number of likely N-dealkylation sites (N-methyl/N-ethyl adjacent to an activating group) is 1. The van der Waals surface area contributed by atoms with E-state index in [9.17, 15) is 4.79 Å². The zero-order valence-electron chi connectivity index (χ0n) is 8.95. The van der Waals surface area contributed by atoms with Gasteiger partial charge < -0.3 is 10.5 Å². The molecule has 0 spiro atoms. The predicted octanol–water partition coefficient (Wildman–Crippen LogP) is 0.404. The maximum absolute atomic E-state index is 11.1. The van der Waals surface area contributed by atoms with Crippen LogP contribution in [0.2, 0.25) is 0 Å². The number of carbonyl (C=O) groups is 1. The number of hydrogen-bond acceptors (Lipinski definition) is 4. The van der Waals surface area contributed by atoms with Crippen LogP contribution in [0.3, 0.4) is 0 Å². The van der Waals surface area contributed by atoms with Gasteiger partial charge in [-0.25, -0.2) is 0 Å². The highest BCUT2D eigenvalue weighted by Crippen LogP contribution is 1.98. The maximum Gasteiger partial charge on any atom is 0.320 e. The topological polar surface area (TPSA) is 55.6 Å². The average Bonchev–Trinajstić information content (AvgIpc) is 2.03. The van der Waals surface area contributed by atoms with Gasteiger partial charge in [0.1, 0.15) is 0 Å². The van der Waals surface area contributed by atoms with Gasteiger partial charge in [0.15, 0.2) is 0 Å². The lowest BCUT2D eigenvalue weighted by atomic mass is 10.2. The number of thiocarbonyl (C=S) groups is 1. The Morgan fingerprint density at radius 1 is 1.64 bits per heavy atom. The summed E-state index contributed by atoms with van der Waals surface area (Å²) >= 11 is 4.84. The molecule has 4 nitrogen and oxygen atoms in total. The van der Waals surface area contributed by atoms with Crippen molar-refractivity contribution in [3.63, 3.8) is 0 Å². The molecule has 0 aliphatic heterocycles. The van der Waals surface area contributed by atoms with Gasteiger partial charge in [-0.1, -0.05) is 19.1 Å². The van der Waals surface area contributed by atoms with Gasteiger partial charge in [-0.05, 0) is 14.0 Å².